The van der Waals surface area contributed by atoms with Gasteiger partial charge in [-0.3, -0.25) is 24.1 Å². The fourth-order valence-corrected chi connectivity index (χ4v) is 3.79. The average Bonchev–Trinajstić information content (AvgIpc) is 3.08. The number of nitrogens with one attached hydrogen (secondary N) is 1. The molecule has 9 heteroatoms. The fourth-order valence-electron chi connectivity index (χ4n) is 3.53. The number of anilines is 1. The molecule has 0 bridgehead atoms. The summed E-state index contributed by atoms with van der Waals surface area (Å²) in [5.74, 6) is -2.29. The number of ether oxygens (including phenoxy) is 2. The summed E-state index contributed by atoms with van der Waals surface area (Å²) < 4.78 is 10.6. The van der Waals surface area contributed by atoms with E-state index in [1.165, 1.54) is 25.3 Å². The van der Waals surface area contributed by atoms with Gasteiger partial charge in [0.2, 0.25) is 6.10 Å². The van der Waals surface area contributed by atoms with Gasteiger partial charge in [0.15, 0.2) is 0 Å². The van der Waals surface area contributed by atoms with E-state index in [4.69, 9.17) is 21.1 Å². The number of halogens is 1. The lowest BCUT2D eigenvalue weighted by Gasteiger charge is -2.20. The molecule has 0 aromatic heterocycles. The maximum absolute atomic E-state index is 13.0. The zero-order valence-electron chi connectivity index (χ0n) is 18.0. The van der Waals surface area contributed by atoms with Crippen molar-refractivity contribution in [2.75, 3.05) is 19.0 Å². The van der Waals surface area contributed by atoms with E-state index < -0.39 is 36.3 Å². The third kappa shape index (κ3) is 4.62. The Morgan fingerprint density at radius 3 is 2.15 bits per heavy atom. The lowest BCUT2D eigenvalue weighted by molar-refractivity contribution is -0.154. The van der Waals surface area contributed by atoms with Crippen molar-refractivity contribution in [1.29, 1.82) is 0 Å². The molecule has 0 spiro atoms. The summed E-state index contributed by atoms with van der Waals surface area (Å²) >= 11 is 6.12. The maximum Gasteiger partial charge on any atom is 0.327 e. The number of hydrogen-bond acceptors (Lipinski definition) is 6. The van der Waals surface area contributed by atoms with E-state index in [1.807, 2.05) is 0 Å². The van der Waals surface area contributed by atoms with Crippen molar-refractivity contribution in [3.05, 3.63) is 94.5 Å². The van der Waals surface area contributed by atoms with Crippen molar-refractivity contribution in [2.24, 2.45) is 0 Å². The smallest absolute Gasteiger partial charge is 0.327 e. The summed E-state index contributed by atoms with van der Waals surface area (Å²) in [6.07, 6.45) is -1.33. The van der Waals surface area contributed by atoms with Crippen molar-refractivity contribution in [3.8, 4) is 5.75 Å². The van der Waals surface area contributed by atoms with Gasteiger partial charge in [-0.1, -0.05) is 54.1 Å². The molecule has 4 rings (SSSR count). The summed E-state index contributed by atoms with van der Waals surface area (Å²) in [4.78, 5) is 51.7. The predicted molar refractivity (Wildman–Crippen MR) is 124 cm³/mol. The number of nitrogens with zero attached hydrogens (tertiary/aromatic N) is 1. The van der Waals surface area contributed by atoms with Gasteiger partial charge in [0.25, 0.3) is 17.7 Å². The Kier molecular flexibility index (Phi) is 6.60. The van der Waals surface area contributed by atoms with Gasteiger partial charge in [0, 0.05) is 11.3 Å². The number of amides is 3. The first-order chi connectivity index (χ1) is 16.4. The molecule has 1 aliphatic heterocycles. The first-order valence-corrected chi connectivity index (χ1v) is 10.6. The highest BCUT2D eigenvalue weighted by molar-refractivity contribution is 6.32. The van der Waals surface area contributed by atoms with Crippen LogP contribution in [0.25, 0.3) is 0 Å². The van der Waals surface area contributed by atoms with Crippen LogP contribution in [0.15, 0.2) is 72.8 Å². The van der Waals surface area contributed by atoms with Gasteiger partial charge >= 0.3 is 5.97 Å². The van der Waals surface area contributed by atoms with Crippen molar-refractivity contribution >= 4 is 41.0 Å². The number of fused-ring (bicyclic) bond motifs is 1. The van der Waals surface area contributed by atoms with Crippen LogP contribution < -0.4 is 10.1 Å². The Bertz CT molecular complexity index is 1240. The second-order valence-electron chi connectivity index (χ2n) is 7.36. The van der Waals surface area contributed by atoms with Gasteiger partial charge in [0.05, 0.1) is 23.3 Å². The Morgan fingerprint density at radius 1 is 0.941 bits per heavy atom. The topological polar surface area (TPSA) is 102 Å². The molecule has 0 aliphatic carbocycles. The zero-order valence-corrected chi connectivity index (χ0v) is 18.7. The van der Waals surface area contributed by atoms with Crippen LogP contribution in [0.2, 0.25) is 5.02 Å². The molecule has 1 N–H and O–H groups in total. The number of esters is 1. The molecule has 0 radical (unpaired) electrons. The van der Waals surface area contributed by atoms with Crippen molar-refractivity contribution in [1.82, 2.24) is 4.90 Å². The molecule has 0 fully saturated rings. The monoisotopic (exact) mass is 478 g/mol. The van der Waals surface area contributed by atoms with Crippen LogP contribution in [-0.2, 0) is 14.3 Å². The minimum absolute atomic E-state index is 0.217. The van der Waals surface area contributed by atoms with Gasteiger partial charge in [-0.05, 0) is 30.3 Å². The largest absolute Gasteiger partial charge is 0.495 e. The van der Waals surface area contributed by atoms with Crippen molar-refractivity contribution in [2.45, 2.75) is 6.10 Å². The fraction of sp³-hybridized carbons (Fsp3) is 0.120. The van der Waals surface area contributed by atoms with Gasteiger partial charge in [-0.25, -0.2) is 0 Å². The molecule has 0 saturated carbocycles. The number of hydrogen-bond donors (Lipinski definition) is 1. The van der Waals surface area contributed by atoms with Gasteiger partial charge in [-0.15, -0.1) is 0 Å². The van der Waals surface area contributed by atoms with E-state index >= 15 is 0 Å². The minimum Gasteiger partial charge on any atom is -0.495 e. The Labute approximate surface area is 200 Å². The summed E-state index contributed by atoms with van der Waals surface area (Å²) in [7, 11) is 1.47. The van der Waals surface area contributed by atoms with Crippen LogP contribution in [0.4, 0.5) is 5.69 Å². The highest BCUT2D eigenvalue weighted by Crippen LogP contribution is 2.29. The summed E-state index contributed by atoms with van der Waals surface area (Å²) in [6, 6.07) is 19.4. The number of imide groups is 1. The molecule has 3 amide bonds. The van der Waals surface area contributed by atoms with Crippen molar-refractivity contribution < 1.29 is 28.7 Å². The van der Waals surface area contributed by atoms with Gasteiger partial charge < -0.3 is 14.8 Å². The quantitative estimate of drug-likeness (QED) is 0.408. The highest BCUT2D eigenvalue weighted by Gasteiger charge is 2.37. The molecule has 0 saturated heterocycles. The first kappa shape index (κ1) is 23.0. The third-order valence-electron chi connectivity index (χ3n) is 5.17. The average molecular weight is 479 g/mol. The van der Waals surface area contributed by atoms with E-state index in [9.17, 15) is 19.2 Å². The van der Waals surface area contributed by atoms with Gasteiger partial charge in [0.1, 0.15) is 12.3 Å². The SMILES string of the molecule is COc1ccc(NC(=O)C(OC(=O)CN2C(=O)c3ccccc3C2=O)c2ccccc2)cc1Cl. The number of methoxy groups -OCH3 is 1. The van der Waals surface area contributed by atoms with Crippen LogP contribution in [0.3, 0.4) is 0 Å². The van der Waals surface area contributed by atoms with Crippen LogP contribution in [0, 0.1) is 0 Å². The Morgan fingerprint density at radius 2 is 1.56 bits per heavy atom. The standard InChI is InChI=1S/C25H19ClN2O6/c1-33-20-12-11-16(13-19(20)26)27-23(30)22(15-7-3-2-4-8-15)34-21(29)14-28-24(31)17-9-5-6-10-18(17)25(28)32/h2-13,22H,14H2,1H3,(H,27,30). The second kappa shape index (κ2) is 9.76. The zero-order chi connectivity index (χ0) is 24.2. The van der Waals surface area contributed by atoms with Crippen LogP contribution in [0.5, 0.6) is 5.75 Å². The molecule has 34 heavy (non-hydrogen) atoms. The van der Waals surface area contributed by atoms with Crippen LogP contribution in [-0.4, -0.2) is 42.2 Å². The van der Waals surface area contributed by atoms with E-state index in [0.717, 1.165) is 4.90 Å². The van der Waals surface area contributed by atoms with Crippen molar-refractivity contribution in [3.63, 3.8) is 0 Å². The molecule has 1 aliphatic rings. The molecule has 8 nitrogen and oxygen atoms in total. The molecule has 172 valence electrons. The van der Waals surface area contributed by atoms with Crippen LogP contribution >= 0.6 is 11.6 Å². The van der Waals surface area contributed by atoms with E-state index in [2.05, 4.69) is 5.32 Å². The molecule has 1 atom stereocenters. The Balaban J connectivity index is 1.51. The summed E-state index contributed by atoms with van der Waals surface area (Å²) in [6.45, 7) is -0.628. The van der Waals surface area contributed by atoms with Crippen LogP contribution in [0.1, 0.15) is 32.4 Å². The second-order valence-corrected chi connectivity index (χ2v) is 7.77. The summed E-state index contributed by atoms with van der Waals surface area (Å²) in [5, 5.41) is 2.95. The van der Waals surface area contributed by atoms with E-state index in [-0.39, 0.29) is 11.1 Å². The Hall–Kier alpha value is -4.17. The lowest BCUT2D eigenvalue weighted by Crippen LogP contribution is -2.37. The first-order valence-electron chi connectivity index (χ1n) is 10.2. The highest BCUT2D eigenvalue weighted by atomic mass is 35.5. The number of rotatable bonds is 7. The normalized spacial score (nSPS) is 13.3. The molecule has 1 heterocycles. The molecular weight excluding hydrogens is 460 g/mol. The van der Waals surface area contributed by atoms with E-state index in [0.29, 0.717) is 22.0 Å². The minimum atomic E-state index is -1.33. The molecule has 3 aromatic rings. The lowest BCUT2D eigenvalue weighted by atomic mass is 10.1. The predicted octanol–water partition coefficient (Wildman–Crippen LogP) is 3.87. The van der Waals surface area contributed by atoms with Gasteiger partial charge in [-0.2, -0.15) is 0 Å². The maximum atomic E-state index is 13.0. The summed E-state index contributed by atoms with van der Waals surface area (Å²) in [5.41, 5.74) is 1.21. The third-order valence-corrected chi connectivity index (χ3v) is 5.47. The number of carbonyl (C=O) groups is 4. The molecule has 3 aromatic carbocycles. The molecular formula is C25H19ClN2O6. The number of benzene rings is 3. The number of carbonyl (C=O) groups excluding carboxylic acids is 4. The van der Waals surface area contributed by atoms with E-state index in [1.54, 1.807) is 54.6 Å². The molecule has 1 unspecified atom stereocenters.